The van der Waals surface area contributed by atoms with Gasteiger partial charge in [-0.3, -0.25) is 0 Å². The van der Waals surface area contributed by atoms with Crippen molar-refractivity contribution in [2.45, 2.75) is 38.7 Å². The Labute approximate surface area is 143 Å². The van der Waals surface area contributed by atoms with Crippen LogP contribution in [0.15, 0.2) is 71.9 Å². The smallest absolute Gasteiger partial charge is 0.0958 e. The molecule has 0 N–H and O–H groups in total. The maximum atomic E-state index is 2.68. The van der Waals surface area contributed by atoms with E-state index in [0.717, 1.165) is 5.92 Å². The Morgan fingerprint density at radius 1 is 0.870 bits per heavy atom. The van der Waals surface area contributed by atoms with Crippen molar-refractivity contribution >= 4 is 26.5 Å². The van der Waals surface area contributed by atoms with Crippen molar-refractivity contribution in [1.82, 2.24) is 0 Å². The van der Waals surface area contributed by atoms with Gasteiger partial charge < -0.3 is 0 Å². The molecule has 1 aliphatic heterocycles. The highest BCUT2D eigenvalue weighted by Crippen LogP contribution is 2.39. The minimum absolute atomic E-state index is 0.730. The second kappa shape index (κ2) is 6.25. The van der Waals surface area contributed by atoms with E-state index < -0.39 is 16.1 Å². The molecule has 1 heterocycles. The Morgan fingerprint density at radius 3 is 1.78 bits per heavy atom. The summed E-state index contributed by atoms with van der Waals surface area (Å²) in [5.74, 6) is 0.730. The van der Waals surface area contributed by atoms with Gasteiger partial charge in [0.2, 0.25) is 0 Å². The number of allylic oxidation sites excluding steroid dienone is 1. The van der Waals surface area contributed by atoms with Gasteiger partial charge in [0.1, 0.15) is 8.07 Å². The number of rotatable bonds is 3. The molecule has 0 spiro atoms. The summed E-state index contributed by atoms with van der Waals surface area (Å²) < 4.78 is 0. The van der Waals surface area contributed by atoms with E-state index in [9.17, 15) is 0 Å². The van der Waals surface area contributed by atoms with E-state index >= 15 is 0 Å². The average Bonchev–Trinajstić information content (AvgIpc) is 2.85. The van der Waals surface area contributed by atoms with Crippen molar-refractivity contribution in [2.24, 2.45) is 5.92 Å². The maximum Gasteiger partial charge on any atom is 0.122 e. The normalized spacial score (nSPS) is 22.4. The lowest BCUT2D eigenvalue weighted by molar-refractivity contribution is 0.795. The van der Waals surface area contributed by atoms with Crippen LogP contribution in [0.2, 0.25) is 31.7 Å². The van der Waals surface area contributed by atoms with Crippen LogP contribution in [-0.2, 0) is 0 Å². The van der Waals surface area contributed by atoms with Crippen molar-refractivity contribution in [2.75, 3.05) is 0 Å². The van der Waals surface area contributed by atoms with Gasteiger partial charge in [0.15, 0.2) is 0 Å². The summed E-state index contributed by atoms with van der Waals surface area (Å²) in [6.45, 7) is 9.82. The Hall–Kier alpha value is -1.39. The molecule has 1 unspecified atom stereocenters. The third-order valence-electron chi connectivity index (χ3n) is 5.06. The third-order valence-corrected chi connectivity index (χ3v) is 11.5. The van der Waals surface area contributed by atoms with E-state index in [4.69, 9.17) is 0 Å². The summed E-state index contributed by atoms with van der Waals surface area (Å²) in [6.07, 6.45) is 0. The number of hydrogen-bond acceptors (Lipinski definition) is 0. The van der Waals surface area contributed by atoms with Crippen molar-refractivity contribution in [3.63, 3.8) is 0 Å². The number of hydrogen-bond donors (Lipinski definition) is 0. The van der Waals surface area contributed by atoms with Crippen molar-refractivity contribution in [3.8, 4) is 0 Å². The van der Waals surface area contributed by atoms with Crippen LogP contribution in [0.25, 0.3) is 0 Å². The molecule has 0 bridgehead atoms. The van der Waals surface area contributed by atoms with Crippen molar-refractivity contribution in [3.05, 3.63) is 71.9 Å². The fraction of sp³-hybridized carbons (Fsp3) is 0.333. The van der Waals surface area contributed by atoms with E-state index in [1.54, 1.807) is 15.9 Å². The Morgan fingerprint density at radius 2 is 1.35 bits per heavy atom. The first-order chi connectivity index (χ1) is 10.9. The summed E-state index contributed by atoms with van der Waals surface area (Å²) in [5.41, 5.74) is 4.42. The molecule has 0 saturated carbocycles. The first-order valence-corrected chi connectivity index (χ1v) is 14.7. The molecule has 23 heavy (non-hydrogen) atoms. The van der Waals surface area contributed by atoms with Crippen molar-refractivity contribution < 1.29 is 0 Å². The lowest BCUT2D eigenvalue weighted by Crippen LogP contribution is -2.56. The number of benzene rings is 2. The molecule has 2 aromatic rings. The second-order valence-electron chi connectivity index (χ2n) is 8.18. The molecule has 2 heteroatoms. The Balaban J connectivity index is 2.11. The van der Waals surface area contributed by atoms with Gasteiger partial charge in [-0.15, -0.1) is 0 Å². The highest BCUT2D eigenvalue weighted by atomic mass is 28.3. The van der Waals surface area contributed by atoms with Gasteiger partial charge in [0.05, 0.1) is 8.07 Å². The molecule has 1 fully saturated rings. The molecule has 1 aliphatic rings. The van der Waals surface area contributed by atoms with E-state index in [-0.39, 0.29) is 0 Å². The fourth-order valence-electron chi connectivity index (χ4n) is 4.12. The summed E-state index contributed by atoms with van der Waals surface area (Å²) >= 11 is 0. The largest absolute Gasteiger partial charge is 0.122 e. The molecule has 1 atom stereocenters. The topological polar surface area (TPSA) is 0 Å². The first kappa shape index (κ1) is 16.5. The lowest BCUT2D eigenvalue weighted by Gasteiger charge is -2.28. The van der Waals surface area contributed by atoms with E-state index in [1.807, 2.05) is 0 Å². The van der Waals surface area contributed by atoms with E-state index in [2.05, 4.69) is 92.9 Å². The van der Waals surface area contributed by atoms with Gasteiger partial charge in [-0.1, -0.05) is 109 Å². The van der Waals surface area contributed by atoms with Crippen molar-refractivity contribution in [1.29, 1.82) is 0 Å². The molecular formula is C21H28Si2. The Bertz CT molecular complexity index is 641. The molecule has 0 aliphatic carbocycles. The molecule has 3 rings (SSSR count). The molecule has 0 nitrogen and oxygen atoms in total. The average molecular weight is 337 g/mol. The zero-order valence-corrected chi connectivity index (χ0v) is 16.8. The molecule has 1 saturated heterocycles. The van der Waals surface area contributed by atoms with Crippen LogP contribution in [0.1, 0.15) is 6.92 Å². The van der Waals surface area contributed by atoms with Crippen LogP contribution in [0, 0.1) is 5.92 Å². The quantitative estimate of drug-likeness (QED) is 0.713. The predicted octanol–water partition coefficient (Wildman–Crippen LogP) is 4.70. The molecule has 0 aromatic heterocycles. The summed E-state index contributed by atoms with van der Waals surface area (Å²) in [7, 11) is -2.82. The van der Waals surface area contributed by atoms with Crippen LogP contribution in [-0.4, -0.2) is 16.1 Å². The zero-order chi connectivity index (χ0) is 16.5. The third kappa shape index (κ3) is 3.43. The van der Waals surface area contributed by atoms with E-state index in [1.165, 1.54) is 12.1 Å². The van der Waals surface area contributed by atoms with Crippen LogP contribution < -0.4 is 10.4 Å². The molecule has 2 aromatic carbocycles. The summed E-state index contributed by atoms with van der Waals surface area (Å²) in [5, 5.41) is 3.22. The standard InChI is InChI=1S/C21H28Si2/c1-18-15-23(20-11-7-5-8-12-20,21-13-9-6-10-14-21)17-19(18)16-22(2,3)4/h5-14,16,18H,15,17H2,1-4H3/b19-16-. The van der Waals surface area contributed by atoms with E-state index in [0.29, 0.717) is 0 Å². The van der Waals surface area contributed by atoms with Crippen LogP contribution in [0.5, 0.6) is 0 Å². The molecule has 120 valence electrons. The van der Waals surface area contributed by atoms with Gasteiger partial charge in [0.25, 0.3) is 0 Å². The maximum absolute atomic E-state index is 2.68. The van der Waals surface area contributed by atoms with Gasteiger partial charge in [0, 0.05) is 0 Å². The fourth-order valence-corrected chi connectivity index (χ4v) is 11.3. The summed E-state index contributed by atoms with van der Waals surface area (Å²) in [4.78, 5) is 0. The molecule has 0 amide bonds. The second-order valence-corrected chi connectivity index (χ2v) is 17.3. The van der Waals surface area contributed by atoms with Gasteiger partial charge in [-0.25, -0.2) is 0 Å². The minimum atomic E-state index is -1.66. The minimum Gasteiger partial charge on any atom is -0.0958 e. The van der Waals surface area contributed by atoms with Gasteiger partial charge in [-0.2, -0.15) is 0 Å². The highest BCUT2D eigenvalue weighted by Gasteiger charge is 2.45. The SMILES string of the molecule is CC1C[Si](c2ccccc2)(c2ccccc2)C/C1=C/[Si](C)(C)C. The van der Waals surface area contributed by atoms with Gasteiger partial charge >= 0.3 is 0 Å². The molecular weight excluding hydrogens is 308 g/mol. The monoisotopic (exact) mass is 336 g/mol. The van der Waals surface area contributed by atoms with Crippen LogP contribution in [0.4, 0.5) is 0 Å². The predicted molar refractivity (Wildman–Crippen MR) is 108 cm³/mol. The van der Waals surface area contributed by atoms with Gasteiger partial charge in [-0.05, 0) is 18.0 Å². The highest BCUT2D eigenvalue weighted by molar-refractivity contribution is 7.03. The first-order valence-electron chi connectivity index (χ1n) is 8.73. The molecule has 0 radical (unpaired) electrons. The zero-order valence-electron chi connectivity index (χ0n) is 14.8. The summed E-state index contributed by atoms with van der Waals surface area (Å²) in [6, 6.07) is 25.4. The lowest BCUT2D eigenvalue weighted by atomic mass is 10.1. The van der Waals surface area contributed by atoms with Crippen LogP contribution in [0.3, 0.4) is 0 Å². The Kier molecular flexibility index (Phi) is 4.48. The van der Waals surface area contributed by atoms with Crippen LogP contribution >= 0.6 is 0 Å².